The highest BCUT2D eigenvalue weighted by atomic mass is 127. The Morgan fingerprint density at radius 2 is 1.82 bits per heavy atom. The maximum absolute atomic E-state index is 13.5. The minimum Gasteiger partial charge on any atom is -0.497 e. The highest BCUT2D eigenvalue weighted by Gasteiger charge is 2.54. The average molecular weight is 673 g/mol. The number of nitrogens with zero attached hydrogens (tertiary/aromatic N) is 1. The van der Waals surface area contributed by atoms with Crippen LogP contribution >= 0.6 is 46.1 Å². The molecule has 3 aromatic carbocycles. The van der Waals surface area contributed by atoms with Crippen molar-refractivity contribution < 1.29 is 23.9 Å². The molecule has 0 spiro atoms. The van der Waals surface area contributed by atoms with E-state index in [4.69, 9.17) is 9.47 Å². The van der Waals surface area contributed by atoms with E-state index in [0.29, 0.717) is 11.5 Å². The van der Waals surface area contributed by atoms with Crippen molar-refractivity contribution in [3.63, 3.8) is 0 Å². The van der Waals surface area contributed by atoms with E-state index in [1.165, 1.54) is 28.4 Å². The zero-order valence-corrected chi connectivity index (χ0v) is 24.8. The summed E-state index contributed by atoms with van der Waals surface area (Å²) in [6.07, 6.45) is 0.183. The molecule has 2 aliphatic heterocycles. The van der Waals surface area contributed by atoms with Crippen LogP contribution in [0.3, 0.4) is 0 Å². The predicted octanol–water partition coefficient (Wildman–Crippen LogP) is 4.99. The molecule has 1 fully saturated rings. The van der Waals surface area contributed by atoms with Crippen LogP contribution in [0.1, 0.15) is 11.1 Å². The lowest BCUT2D eigenvalue weighted by molar-refractivity contribution is -0.153. The molecule has 0 aromatic heterocycles. The number of nitrogens with one attached hydrogen (secondary N) is 1. The van der Waals surface area contributed by atoms with Gasteiger partial charge >= 0.3 is 5.97 Å². The Morgan fingerprint density at radius 1 is 1.05 bits per heavy atom. The van der Waals surface area contributed by atoms with E-state index in [9.17, 15) is 14.4 Å². The number of methoxy groups -OCH3 is 1. The highest BCUT2D eigenvalue weighted by molar-refractivity contribution is 14.1. The van der Waals surface area contributed by atoms with Gasteiger partial charge in [-0.25, -0.2) is 4.79 Å². The van der Waals surface area contributed by atoms with Crippen LogP contribution in [-0.4, -0.2) is 47.0 Å². The molecule has 39 heavy (non-hydrogen) atoms. The second-order valence-electron chi connectivity index (χ2n) is 8.87. The summed E-state index contributed by atoms with van der Waals surface area (Å²) >= 11 is 5.23. The fourth-order valence-corrected chi connectivity index (χ4v) is 7.56. The van der Waals surface area contributed by atoms with Gasteiger partial charge < -0.3 is 14.8 Å². The summed E-state index contributed by atoms with van der Waals surface area (Å²) in [5.74, 6) is 0.120. The zero-order valence-electron chi connectivity index (χ0n) is 21.0. The topological polar surface area (TPSA) is 84.9 Å². The Balaban J connectivity index is 1.34. The molecule has 2 heterocycles. The highest BCUT2D eigenvalue weighted by Crippen LogP contribution is 2.45. The standard InChI is InChI=1S/C29H25IN2O5S2/c1-36-21-12-10-19(11-13-21)16-37-29(35)26-23(39-22-9-5-8-20(30)15-22)17-38-28-25(27(34)32(26)28)31-24(33)14-18-6-3-2-4-7-18/h2-13,15,25,28H,14,16-17H2,1H3,(H,31,33)/t25-,28-/m1/s1. The molecular weight excluding hydrogens is 647 g/mol. The third-order valence-electron chi connectivity index (χ3n) is 6.22. The maximum atomic E-state index is 13.5. The van der Waals surface area contributed by atoms with Gasteiger partial charge in [-0.1, -0.05) is 60.3 Å². The first-order valence-electron chi connectivity index (χ1n) is 12.2. The predicted molar refractivity (Wildman–Crippen MR) is 160 cm³/mol. The van der Waals surface area contributed by atoms with Gasteiger partial charge in [-0.05, 0) is 64.0 Å². The summed E-state index contributed by atoms with van der Waals surface area (Å²) in [5.41, 5.74) is 1.92. The first-order chi connectivity index (χ1) is 18.9. The summed E-state index contributed by atoms with van der Waals surface area (Å²) in [6, 6.07) is 23.9. The minimum absolute atomic E-state index is 0.0601. The monoisotopic (exact) mass is 672 g/mol. The van der Waals surface area contributed by atoms with E-state index in [0.717, 1.165) is 24.5 Å². The van der Waals surface area contributed by atoms with E-state index in [1.54, 1.807) is 19.2 Å². The van der Waals surface area contributed by atoms with Crippen molar-refractivity contribution in [3.8, 4) is 5.75 Å². The van der Waals surface area contributed by atoms with Crippen molar-refractivity contribution in [2.24, 2.45) is 0 Å². The third kappa shape index (κ3) is 6.44. The molecule has 2 atom stereocenters. The largest absolute Gasteiger partial charge is 0.497 e. The molecular formula is C29H25IN2O5S2. The van der Waals surface area contributed by atoms with Crippen molar-refractivity contribution >= 4 is 63.9 Å². The van der Waals surface area contributed by atoms with Crippen molar-refractivity contribution in [2.75, 3.05) is 12.9 Å². The van der Waals surface area contributed by atoms with E-state index >= 15 is 0 Å². The summed E-state index contributed by atoms with van der Waals surface area (Å²) in [5, 5.41) is 2.49. The average Bonchev–Trinajstić information content (AvgIpc) is 2.95. The van der Waals surface area contributed by atoms with Crippen LogP contribution in [0.2, 0.25) is 0 Å². The number of rotatable bonds is 9. The Hall–Kier alpha value is -2.96. The number of hydrogen-bond acceptors (Lipinski definition) is 7. The smallest absolute Gasteiger partial charge is 0.356 e. The normalized spacial score (nSPS) is 18.2. The molecule has 2 amide bonds. The third-order valence-corrected chi connectivity index (χ3v) is 9.42. The molecule has 0 aliphatic carbocycles. The second kappa shape index (κ2) is 12.5. The fourth-order valence-electron chi connectivity index (χ4n) is 4.28. The quantitative estimate of drug-likeness (QED) is 0.195. The Kier molecular flexibility index (Phi) is 8.83. The summed E-state index contributed by atoms with van der Waals surface area (Å²) in [4.78, 5) is 42.7. The number of benzene rings is 3. The molecule has 1 N–H and O–H groups in total. The van der Waals surface area contributed by atoms with Crippen LogP contribution in [-0.2, 0) is 32.1 Å². The number of hydrogen-bond donors (Lipinski definition) is 1. The van der Waals surface area contributed by atoms with Gasteiger partial charge in [0.15, 0.2) is 0 Å². The van der Waals surface area contributed by atoms with Gasteiger partial charge in [-0.2, -0.15) is 0 Å². The van der Waals surface area contributed by atoms with Crippen molar-refractivity contribution in [2.45, 2.75) is 29.3 Å². The Morgan fingerprint density at radius 3 is 2.54 bits per heavy atom. The molecule has 0 bridgehead atoms. The summed E-state index contributed by atoms with van der Waals surface area (Å²) in [7, 11) is 1.59. The van der Waals surface area contributed by atoms with Gasteiger partial charge in [0.1, 0.15) is 29.5 Å². The van der Waals surface area contributed by atoms with Gasteiger partial charge in [0.25, 0.3) is 5.91 Å². The lowest BCUT2D eigenvalue weighted by atomic mass is 10.0. The van der Waals surface area contributed by atoms with E-state index in [-0.39, 0.29) is 35.9 Å². The second-order valence-corrected chi connectivity index (χ2v) is 12.4. The molecule has 0 radical (unpaired) electrons. The Bertz CT molecular complexity index is 1410. The molecule has 0 saturated carbocycles. The summed E-state index contributed by atoms with van der Waals surface area (Å²) < 4.78 is 11.9. The lowest BCUT2D eigenvalue weighted by Crippen LogP contribution is -2.70. The van der Waals surface area contributed by atoms with Gasteiger partial charge in [0.2, 0.25) is 5.91 Å². The number of esters is 1. The van der Waals surface area contributed by atoms with Crippen LogP contribution in [0, 0.1) is 3.57 Å². The van der Waals surface area contributed by atoms with E-state index < -0.39 is 12.0 Å². The van der Waals surface area contributed by atoms with Crippen LogP contribution in [0.25, 0.3) is 0 Å². The molecule has 3 aromatic rings. The van der Waals surface area contributed by atoms with Crippen molar-refractivity contribution in [1.82, 2.24) is 10.2 Å². The van der Waals surface area contributed by atoms with Crippen molar-refractivity contribution in [3.05, 3.63) is 104 Å². The first-order valence-corrected chi connectivity index (χ1v) is 15.1. The molecule has 2 aliphatic rings. The number of thioether (sulfide) groups is 2. The summed E-state index contributed by atoms with van der Waals surface area (Å²) in [6.45, 7) is 0.0601. The Labute approximate surface area is 248 Å². The van der Waals surface area contributed by atoms with Crippen molar-refractivity contribution in [1.29, 1.82) is 0 Å². The molecule has 0 unspecified atom stereocenters. The van der Waals surface area contributed by atoms with Gasteiger partial charge in [-0.15, -0.1) is 11.8 Å². The number of ether oxygens (including phenoxy) is 2. The van der Waals surface area contributed by atoms with Crippen LogP contribution in [0.15, 0.2) is 94.4 Å². The number of β-lactam (4-membered cyclic amide) rings is 1. The minimum atomic E-state index is -0.695. The van der Waals surface area contributed by atoms with Gasteiger partial charge in [0.05, 0.1) is 13.5 Å². The van der Waals surface area contributed by atoms with Crippen LogP contribution in [0.5, 0.6) is 5.75 Å². The maximum Gasteiger partial charge on any atom is 0.356 e. The zero-order chi connectivity index (χ0) is 27.4. The molecule has 7 nitrogen and oxygen atoms in total. The SMILES string of the molecule is COc1ccc(COC(=O)C2=C(Sc3cccc(I)c3)CS[C@@H]3[C@H](NC(=O)Cc4ccccc4)C(=O)N23)cc1. The molecule has 200 valence electrons. The van der Waals surface area contributed by atoms with E-state index in [1.807, 2.05) is 66.7 Å². The number of amides is 2. The molecule has 10 heteroatoms. The first kappa shape index (κ1) is 27.6. The number of carbonyl (C=O) groups is 3. The number of carbonyl (C=O) groups excluding carboxylic acids is 3. The van der Waals surface area contributed by atoms with Crippen LogP contribution in [0.4, 0.5) is 0 Å². The molecule has 1 saturated heterocycles. The number of halogens is 1. The molecule has 5 rings (SSSR count). The van der Waals surface area contributed by atoms with Gasteiger partial charge in [0, 0.05) is 19.1 Å². The lowest BCUT2D eigenvalue weighted by Gasteiger charge is -2.49. The number of fused-ring (bicyclic) bond motifs is 1. The van der Waals surface area contributed by atoms with E-state index in [2.05, 4.69) is 27.9 Å². The fraction of sp³-hybridized carbons (Fsp3) is 0.207. The van der Waals surface area contributed by atoms with Gasteiger partial charge in [-0.3, -0.25) is 14.5 Å². The van der Waals surface area contributed by atoms with Crippen LogP contribution < -0.4 is 10.1 Å².